The molecule has 0 saturated carbocycles. The molecule has 5 nitrogen and oxygen atoms in total. The SMILES string of the molecule is CCOCC(C)NS(=O)(=O)c1ccc(CC(N)=S)cc1. The third-order valence-electron chi connectivity index (χ3n) is 2.54. The third kappa shape index (κ3) is 5.54. The van der Waals surface area contributed by atoms with E-state index in [-0.39, 0.29) is 10.9 Å². The van der Waals surface area contributed by atoms with Crippen LogP contribution < -0.4 is 10.5 Å². The van der Waals surface area contributed by atoms with E-state index in [1.165, 1.54) is 0 Å². The summed E-state index contributed by atoms with van der Waals surface area (Å²) in [4.78, 5) is 0.594. The van der Waals surface area contributed by atoms with Crippen LogP contribution in [-0.4, -0.2) is 32.7 Å². The molecule has 0 aliphatic heterocycles. The molecule has 1 aromatic carbocycles. The number of nitrogens with one attached hydrogen (secondary N) is 1. The average molecular weight is 316 g/mol. The van der Waals surface area contributed by atoms with Crippen molar-refractivity contribution in [3.8, 4) is 0 Å². The maximum atomic E-state index is 12.1. The number of thiocarbonyl (C=S) groups is 1. The molecule has 1 unspecified atom stereocenters. The number of ether oxygens (including phenoxy) is 1. The lowest BCUT2D eigenvalue weighted by atomic mass is 10.1. The molecule has 0 spiro atoms. The second-order valence-electron chi connectivity index (χ2n) is 4.47. The molecule has 0 fully saturated rings. The summed E-state index contributed by atoms with van der Waals surface area (Å²) in [5, 5.41) is 0. The minimum Gasteiger partial charge on any atom is -0.393 e. The molecule has 20 heavy (non-hydrogen) atoms. The summed E-state index contributed by atoms with van der Waals surface area (Å²) in [7, 11) is -3.53. The highest BCUT2D eigenvalue weighted by Gasteiger charge is 2.17. The molecule has 0 aliphatic carbocycles. The molecule has 1 atom stereocenters. The predicted octanol–water partition coefficient (Wildman–Crippen LogP) is 1.22. The molecule has 0 amide bonds. The van der Waals surface area contributed by atoms with Crippen LogP contribution in [0.2, 0.25) is 0 Å². The molecule has 0 radical (unpaired) electrons. The van der Waals surface area contributed by atoms with Crippen molar-refractivity contribution < 1.29 is 13.2 Å². The normalized spacial score (nSPS) is 13.1. The van der Waals surface area contributed by atoms with E-state index in [1.807, 2.05) is 6.92 Å². The molecule has 7 heteroatoms. The maximum absolute atomic E-state index is 12.1. The van der Waals surface area contributed by atoms with E-state index in [0.29, 0.717) is 24.6 Å². The monoisotopic (exact) mass is 316 g/mol. The molecule has 3 N–H and O–H groups in total. The van der Waals surface area contributed by atoms with Gasteiger partial charge in [0.25, 0.3) is 0 Å². The molecule has 0 aromatic heterocycles. The van der Waals surface area contributed by atoms with Crippen LogP contribution >= 0.6 is 12.2 Å². The summed E-state index contributed by atoms with van der Waals surface area (Å²) in [6.45, 7) is 4.52. The van der Waals surface area contributed by atoms with Gasteiger partial charge in [-0.3, -0.25) is 0 Å². The molecule has 1 aromatic rings. The lowest BCUT2D eigenvalue weighted by Gasteiger charge is -2.14. The largest absolute Gasteiger partial charge is 0.393 e. The molecule has 112 valence electrons. The van der Waals surface area contributed by atoms with Gasteiger partial charge in [0.05, 0.1) is 16.5 Å². The Hall–Kier alpha value is -1.02. The first-order chi connectivity index (χ1) is 9.35. The number of benzene rings is 1. The van der Waals surface area contributed by atoms with Crippen molar-refractivity contribution in [2.75, 3.05) is 13.2 Å². The molecule has 0 heterocycles. The summed E-state index contributed by atoms with van der Waals surface area (Å²) >= 11 is 4.81. The van der Waals surface area contributed by atoms with Crippen LogP contribution in [-0.2, 0) is 21.2 Å². The second kappa shape index (κ2) is 7.68. The van der Waals surface area contributed by atoms with Crippen LogP contribution in [0.3, 0.4) is 0 Å². The highest BCUT2D eigenvalue weighted by atomic mass is 32.2. The van der Waals surface area contributed by atoms with Crippen molar-refractivity contribution in [2.45, 2.75) is 31.2 Å². The fraction of sp³-hybridized carbons (Fsp3) is 0.462. The van der Waals surface area contributed by atoms with E-state index in [4.69, 9.17) is 22.7 Å². The molecule has 0 bridgehead atoms. The van der Waals surface area contributed by atoms with Gasteiger partial charge in [-0.2, -0.15) is 0 Å². The number of hydrogen-bond acceptors (Lipinski definition) is 4. The van der Waals surface area contributed by atoms with Crippen molar-refractivity contribution in [1.82, 2.24) is 4.72 Å². The lowest BCUT2D eigenvalue weighted by Crippen LogP contribution is -2.35. The van der Waals surface area contributed by atoms with Gasteiger partial charge in [-0.15, -0.1) is 0 Å². The Morgan fingerprint density at radius 1 is 1.40 bits per heavy atom. The zero-order valence-electron chi connectivity index (χ0n) is 11.6. The number of rotatable bonds is 8. The first-order valence-corrected chi connectivity index (χ1v) is 8.21. The van der Waals surface area contributed by atoms with E-state index in [0.717, 1.165) is 5.56 Å². The summed E-state index contributed by atoms with van der Waals surface area (Å²) in [5.41, 5.74) is 6.34. The first-order valence-electron chi connectivity index (χ1n) is 6.32. The fourth-order valence-electron chi connectivity index (χ4n) is 1.65. The zero-order valence-corrected chi connectivity index (χ0v) is 13.3. The third-order valence-corrected chi connectivity index (χ3v) is 4.29. The van der Waals surface area contributed by atoms with Gasteiger partial charge in [0.1, 0.15) is 0 Å². The highest BCUT2D eigenvalue weighted by molar-refractivity contribution is 7.89. The van der Waals surface area contributed by atoms with Crippen LogP contribution in [0.1, 0.15) is 19.4 Å². The second-order valence-corrected chi connectivity index (χ2v) is 6.71. The number of hydrogen-bond donors (Lipinski definition) is 2. The Morgan fingerprint density at radius 2 is 2.00 bits per heavy atom. The lowest BCUT2D eigenvalue weighted by molar-refractivity contribution is 0.133. The zero-order chi connectivity index (χ0) is 15.2. The van der Waals surface area contributed by atoms with Gasteiger partial charge in [-0.1, -0.05) is 24.4 Å². The Labute approximate surface area is 125 Å². The summed E-state index contributed by atoms with van der Waals surface area (Å²) in [5.74, 6) is 0. The standard InChI is InChI=1S/C13H20N2O3S2/c1-3-18-9-10(2)15-20(16,17)12-6-4-11(5-7-12)8-13(14)19/h4-7,10,15H,3,8-9H2,1-2H3,(H2,14,19). The number of nitrogens with two attached hydrogens (primary N) is 1. The minimum absolute atomic E-state index is 0.215. The Morgan fingerprint density at radius 3 is 2.50 bits per heavy atom. The van der Waals surface area contributed by atoms with Crippen LogP contribution in [0, 0.1) is 0 Å². The van der Waals surface area contributed by atoms with Crippen molar-refractivity contribution in [1.29, 1.82) is 0 Å². The van der Waals surface area contributed by atoms with Gasteiger partial charge < -0.3 is 10.5 Å². The molecular weight excluding hydrogens is 296 g/mol. The van der Waals surface area contributed by atoms with Crippen molar-refractivity contribution >= 4 is 27.2 Å². The minimum atomic E-state index is -3.53. The van der Waals surface area contributed by atoms with Gasteiger partial charge in [0.2, 0.25) is 10.0 Å². The van der Waals surface area contributed by atoms with Crippen LogP contribution in [0.25, 0.3) is 0 Å². The van der Waals surface area contributed by atoms with E-state index in [2.05, 4.69) is 4.72 Å². The highest BCUT2D eigenvalue weighted by Crippen LogP contribution is 2.11. The van der Waals surface area contributed by atoms with E-state index in [9.17, 15) is 8.42 Å². The quantitative estimate of drug-likeness (QED) is 0.705. The van der Waals surface area contributed by atoms with Crippen molar-refractivity contribution in [3.05, 3.63) is 29.8 Å². The smallest absolute Gasteiger partial charge is 0.240 e. The Balaban J connectivity index is 2.74. The van der Waals surface area contributed by atoms with E-state index in [1.54, 1.807) is 31.2 Å². The maximum Gasteiger partial charge on any atom is 0.240 e. The number of sulfonamides is 1. The van der Waals surface area contributed by atoms with Crippen LogP contribution in [0.5, 0.6) is 0 Å². The Bertz CT molecular complexity index is 541. The fourth-order valence-corrected chi connectivity index (χ4v) is 3.04. The van der Waals surface area contributed by atoms with Crippen molar-refractivity contribution in [2.24, 2.45) is 5.73 Å². The Kier molecular flexibility index (Phi) is 6.54. The van der Waals surface area contributed by atoms with Gasteiger partial charge in [-0.05, 0) is 31.5 Å². The average Bonchev–Trinajstić information content (AvgIpc) is 2.35. The summed E-state index contributed by atoms with van der Waals surface area (Å²) < 4.78 is 32.0. The first kappa shape index (κ1) is 17.0. The van der Waals surface area contributed by atoms with Gasteiger partial charge >= 0.3 is 0 Å². The topological polar surface area (TPSA) is 81.4 Å². The summed E-state index contributed by atoms with van der Waals surface area (Å²) in [6.07, 6.45) is 0.462. The van der Waals surface area contributed by atoms with Gasteiger partial charge in [0, 0.05) is 19.1 Å². The molecule has 1 rings (SSSR count). The van der Waals surface area contributed by atoms with Gasteiger partial charge in [0.15, 0.2) is 0 Å². The van der Waals surface area contributed by atoms with Gasteiger partial charge in [-0.25, -0.2) is 13.1 Å². The van der Waals surface area contributed by atoms with E-state index < -0.39 is 10.0 Å². The predicted molar refractivity (Wildman–Crippen MR) is 83.2 cm³/mol. The molecular formula is C13H20N2O3S2. The summed E-state index contributed by atoms with van der Waals surface area (Å²) in [6, 6.07) is 6.23. The van der Waals surface area contributed by atoms with Crippen molar-refractivity contribution in [3.63, 3.8) is 0 Å². The van der Waals surface area contributed by atoms with Crippen LogP contribution in [0.15, 0.2) is 29.2 Å². The van der Waals surface area contributed by atoms with Crippen LogP contribution in [0.4, 0.5) is 0 Å². The van der Waals surface area contributed by atoms with E-state index >= 15 is 0 Å². The molecule has 0 aliphatic rings. The molecule has 0 saturated heterocycles.